The zero-order valence-corrected chi connectivity index (χ0v) is 9.14. The van der Waals surface area contributed by atoms with Gasteiger partial charge in [-0.05, 0) is 6.42 Å². The number of aldehydes is 1. The van der Waals surface area contributed by atoms with Crippen LogP contribution in [0.15, 0.2) is 30.3 Å². The van der Waals surface area contributed by atoms with Gasteiger partial charge in [-0.25, -0.2) is 0 Å². The minimum absolute atomic E-state index is 0.0485. The van der Waals surface area contributed by atoms with Gasteiger partial charge in [-0.15, -0.1) is 0 Å². The van der Waals surface area contributed by atoms with Gasteiger partial charge in [0.2, 0.25) is 0 Å². The highest BCUT2D eigenvalue weighted by atomic mass is 16.1. The van der Waals surface area contributed by atoms with Gasteiger partial charge in [0.05, 0.1) is 0 Å². The molecule has 0 amide bonds. The summed E-state index contributed by atoms with van der Waals surface area (Å²) in [6, 6.07) is 9.20. The molecule has 0 aliphatic heterocycles. The maximum absolute atomic E-state index is 11.9. The van der Waals surface area contributed by atoms with Crippen LogP contribution < -0.4 is 0 Å². The Balaban J connectivity index is 2.65. The van der Waals surface area contributed by atoms with Gasteiger partial charge >= 0.3 is 0 Å². The molecule has 1 rings (SSSR count). The first kappa shape index (κ1) is 11.6. The number of ketones is 1. The normalized spacial score (nSPS) is 14.3. The molecule has 0 saturated heterocycles. The van der Waals surface area contributed by atoms with Crippen molar-refractivity contribution < 1.29 is 9.59 Å². The summed E-state index contributed by atoms with van der Waals surface area (Å²) in [5, 5.41) is 0. The number of carbonyl (C=O) groups is 2. The molecule has 0 aromatic heterocycles. The fourth-order valence-corrected chi connectivity index (χ4v) is 1.61. The second kappa shape index (κ2) is 5.44. The van der Waals surface area contributed by atoms with Crippen molar-refractivity contribution in [1.82, 2.24) is 0 Å². The Morgan fingerprint density at radius 3 is 2.40 bits per heavy atom. The van der Waals surface area contributed by atoms with Gasteiger partial charge < -0.3 is 4.79 Å². The Morgan fingerprint density at radius 2 is 1.87 bits per heavy atom. The highest BCUT2D eigenvalue weighted by molar-refractivity contribution is 5.97. The minimum atomic E-state index is -0.0902. The first-order chi connectivity index (χ1) is 7.15. The van der Waals surface area contributed by atoms with Crippen molar-refractivity contribution in [3.8, 4) is 0 Å². The molecular weight excluding hydrogens is 188 g/mol. The Labute approximate surface area is 90.3 Å². The molecule has 2 heteroatoms. The molecule has 0 spiro atoms. The molecule has 0 aliphatic carbocycles. The highest BCUT2D eigenvalue weighted by Gasteiger charge is 2.17. The molecule has 0 fully saturated rings. The SMILES string of the molecule is CC(C=O)CC(C)C(=O)c1ccccc1. The van der Waals surface area contributed by atoms with Crippen LogP contribution in [-0.4, -0.2) is 12.1 Å². The lowest BCUT2D eigenvalue weighted by atomic mass is 9.91. The number of hydrogen-bond acceptors (Lipinski definition) is 2. The summed E-state index contributed by atoms with van der Waals surface area (Å²) in [5.41, 5.74) is 0.725. The summed E-state index contributed by atoms with van der Waals surface area (Å²) < 4.78 is 0. The van der Waals surface area contributed by atoms with Crippen molar-refractivity contribution in [2.75, 3.05) is 0 Å². The molecule has 1 aromatic carbocycles. The van der Waals surface area contributed by atoms with Crippen LogP contribution in [0.3, 0.4) is 0 Å². The second-order valence-electron chi connectivity index (χ2n) is 3.98. The number of carbonyl (C=O) groups excluding carboxylic acids is 2. The topological polar surface area (TPSA) is 34.1 Å². The van der Waals surface area contributed by atoms with Gasteiger partial charge in [0.25, 0.3) is 0 Å². The molecule has 0 radical (unpaired) electrons. The molecule has 15 heavy (non-hydrogen) atoms. The summed E-state index contributed by atoms with van der Waals surface area (Å²) >= 11 is 0. The van der Waals surface area contributed by atoms with E-state index in [9.17, 15) is 9.59 Å². The van der Waals surface area contributed by atoms with Crippen LogP contribution in [0.2, 0.25) is 0 Å². The number of benzene rings is 1. The lowest BCUT2D eigenvalue weighted by molar-refractivity contribution is -0.110. The van der Waals surface area contributed by atoms with Crippen molar-refractivity contribution in [1.29, 1.82) is 0 Å². The van der Waals surface area contributed by atoms with Crippen LogP contribution in [-0.2, 0) is 4.79 Å². The Kier molecular flexibility index (Phi) is 4.22. The molecular formula is C13H16O2. The third-order valence-corrected chi connectivity index (χ3v) is 2.46. The predicted octanol–water partition coefficient (Wildman–Crippen LogP) is 2.73. The molecule has 2 atom stereocenters. The fraction of sp³-hybridized carbons (Fsp3) is 0.385. The summed E-state index contributed by atoms with van der Waals surface area (Å²) in [4.78, 5) is 22.4. The van der Waals surface area contributed by atoms with E-state index >= 15 is 0 Å². The lowest BCUT2D eigenvalue weighted by Gasteiger charge is -2.11. The quantitative estimate of drug-likeness (QED) is 0.546. The minimum Gasteiger partial charge on any atom is -0.303 e. The Bertz CT molecular complexity index is 330. The zero-order chi connectivity index (χ0) is 11.3. The average Bonchev–Trinajstić information content (AvgIpc) is 2.29. The van der Waals surface area contributed by atoms with Crippen LogP contribution in [0.25, 0.3) is 0 Å². The van der Waals surface area contributed by atoms with Gasteiger partial charge in [0, 0.05) is 17.4 Å². The summed E-state index contributed by atoms with van der Waals surface area (Å²) in [5.74, 6) is -0.0236. The molecule has 1 aromatic rings. The average molecular weight is 204 g/mol. The molecule has 0 heterocycles. The van der Waals surface area contributed by atoms with Crippen molar-refractivity contribution >= 4 is 12.1 Å². The number of hydrogen-bond donors (Lipinski definition) is 0. The van der Waals surface area contributed by atoms with Crippen LogP contribution in [0.5, 0.6) is 0 Å². The van der Waals surface area contributed by atoms with Crippen LogP contribution >= 0.6 is 0 Å². The summed E-state index contributed by atoms with van der Waals surface area (Å²) in [7, 11) is 0. The van der Waals surface area contributed by atoms with E-state index in [1.165, 1.54) is 0 Å². The summed E-state index contributed by atoms with van der Waals surface area (Å²) in [6.07, 6.45) is 1.52. The van der Waals surface area contributed by atoms with Crippen LogP contribution in [0.1, 0.15) is 30.6 Å². The van der Waals surface area contributed by atoms with E-state index in [-0.39, 0.29) is 17.6 Å². The van der Waals surface area contributed by atoms with Crippen molar-refractivity contribution in [3.63, 3.8) is 0 Å². The lowest BCUT2D eigenvalue weighted by Crippen LogP contribution is -2.15. The monoisotopic (exact) mass is 204 g/mol. The molecule has 2 unspecified atom stereocenters. The molecule has 0 N–H and O–H groups in total. The van der Waals surface area contributed by atoms with E-state index < -0.39 is 0 Å². The standard InChI is InChI=1S/C13H16O2/c1-10(9-14)8-11(2)13(15)12-6-4-3-5-7-12/h3-7,9-11H,8H2,1-2H3. The molecule has 2 nitrogen and oxygen atoms in total. The third-order valence-electron chi connectivity index (χ3n) is 2.46. The van der Waals surface area contributed by atoms with E-state index in [1.54, 1.807) is 0 Å². The van der Waals surface area contributed by atoms with Gasteiger partial charge in [0.1, 0.15) is 6.29 Å². The predicted molar refractivity (Wildman–Crippen MR) is 59.8 cm³/mol. The van der Waals surface area contributed by atoms with Gasteiger partial charge in [-0.3, -0.25) is 4.79 Å². The summed E-state index contributed by atoms with van der Waals surface area (Å²) in [6.45, 7) is 3.71. The largest absolute Gasteiger partial charge is 0.303 e. The fourth-order valence-electron chi connectivity index (χ4n) is 1.61. The highest BCUT2D eigenvalue weighted by Crippen LogP contribution is 2.15. The number of rotatable bonds is 5. The first-order valence-corrected chi connectivity index (χ1v) is 5.19. The molecule has 80 valence electrons. The van der Waals surface area contributed by atoms with Crippen LogP contribution in [0, 0.1) is 11.8 Å². The van der Waals surface area contributed by atoms with Crippen molar-refractivity contribution in [3.05, 3.63) is 35.9 Å². The number of Topliss-reactive ketones (excluding diaryl/α,β-unsaturated/α-hetero) is 1. The second-order valence-corrected chi connectivity index (χ2v) is 3.98. The van der Waals surface area contributed by atoms with Crippen molar-refractivity contribution in [2.24, 2.45) is 11.8 Å². The third kappa shape index (κ3) is 3.31. The maximum atomic E-state index is 11.9. The zero-order valence-electron chi connectivity index (χ0n) is 9.14. The van der Waals surface area contributed by atoms with Gasteiger partial charge in [-0.1, -0.05) is 44.2 Å². The first-order valence-electron chi connectivity index (χ1n) is 5.19. The van der Waals surface area contributed by atoms with E-state index in [0.29, 0.717) is 6.42 Å². The molecule has 0 aliphatic rings. The van der Waals surface area contributed by atoms with Gasteiger partial charge in [-0.2, -0.15) is 0 Å². The van der Waals surface area contributed by atoms with Crippen molar-refractivity contribution in [2.45, 2.75) is 20.3 Å². The Morgan fingerprint density at radius 1 is 1.27 bits per heavy atom. The maximum Gasteiger partial charge on any atom is 0.165 e. The van der Waals surface area contributed by atoms with E-state index in [1.807, 2.05) is 44.2 Å². The van der Waals surface area contributed by atoms with E-state index in [4.69, 9.17) is 0 Å². The molecule has 0 saturated carbocycles. The van der Waals surface area contributed by atoms with Crippen LogP contribution in [0.4, 0.5) is 0 Å². The van der Waals surface area contributed by atoms with E-state index in [0.717, 1.165) is 11.8 Å². The smallest absolute Gasteiger partial charge is 0.165 e. The Hall–Kier alpha value is -1.44. The van der Waals surface area contributed by atoms with Gasteiger partial charge in [0.15, 0.2) is 5.78 Å². The van der Waals surface area contributed by atoms with E-state index in [2.05, 4.69) is 0 Å². The molecule has 0 bridgehead atoms.